The zero-order valence-corrected chi connectivity index (χ0v) is 19.1. The summed E-state index contributed by atoms with van der Waals surface area (Å²) in [5, 5.41) is 6.56. The number of aromatic nitrogens is 1. The smallest absolute Gasteiger partial charge is 0.213 e. The highest BCUT2D eigenvalue weighted by atomic mass is 16.5. The molecule has 2 N–H and O–H groups in total. The third-order valence-electron chi connectivity index (χ3n) is 5.06. The summed E-state index contributed by atoms with van der Waals surface area (Å²) in [5.41, 5.74) is 1.07. The van der Waals surface area contributed by atoms with Crippen molar-refractivity contribution in [3.8, 4) is 5.75 Å². The van der Waals surface area contributed by atoms with Crippen molar-refractivity contribution in [1.29, 1.82) is 0 Å². The molecule has 0 spiro atoms. The summed E-state index contributed by atoms with van der Waals surface area (Å²) >= 11 is 0. The van der Waals surface area contributed by atoms with E-state index in [0.717, 1.165) is 49.9 Å². The second kappa shape index (κ2) is 11.2. The maximum absolute atomic E-state index is 5.94. The van der Waals surface area contributed by atoms with E-state index in [-0.39, 0.29) is 5.41 Å². The van der Waals surface area contributed by atoms with Gasteiger partial charge in [0.05, 0.1) is 26.0 Å². The summed E-state index contributed by atoms with van der Waals surface area (Å²) < 4.78 is 17.1. The van der Waals surface area contributed by atoms with Crippen LogP contribution in [0.4, 0.5) is 0 Å². The van der Waals surface area contributed by atoms with E-state index in [0.29, 0.717) is 31.5 Å². The van der Waals surface area contributed by atoms with Crippen LogP contribution >= 0.6 is 0 Å². The molecule has 170 valence electrons. The molecule has 31 heavy (non-hydrogen) atoms. The first-order valence-corrected chi connectivity index (χ1v) is 10.9. The van der Waals surface area contributed by atoms with Crippen molar-refractivity contribution in [2.75, 3.05) is 46.5 Å². The van der Waals surface area contributed by atoms with Gasteiger partial charge in [0.15, 0.2) is 5.96 Å². The molecule has 1 aliphatic rings. The minimum absolute atomic E-state index is 0.0551. The lowest BCUT2D eigenvalue weighted by Gasteiger charge is -2.26. The Hall–Kier alpha value is -2.58. The molecule has 3 rings (SSSR count). The molecule has 0 unspecified atom stereocenters. The minimum atomic E-state index is -0.0551. The number of aliphatic imine (C=N–C) groups is 1. The number of rotatable bonds is 8. The Morgan fingerprint density at radius 1 is 1.19 bits per heavy atom. The number of benzene rings is 1. The largest absolute Gasteiger partial charge is 0.492 e. The molecule has 0 bridgehead atoms. The van der Waals surface area contributed by atoms with Crippen molar-refractivity contribution >= 4 is 5.96 Å². The van der Waals surface area contributed by atoms with Crippen molar-refractivity contribution in [2.45, 2.75) is 39.3 Å². The van der Waals surface area contributed by atoms with E-state index in [2.05, 4.69) is 58.4 Å². The van der Waals surface area contributed by atoms with Crippen LogP contribution in [0.2, 0.25) is 0 Å². The van der Waals surface area contributed by atoms with Gasteiger partial charge in [0, 0.05) is 38.6 Å². The Labute approximate surface area is 185 Å². The van der Waals surface area contributed by atoms with Crippen LogP contribution in [0.15, 0.2) is 39.9 Å². The number of oxazole rings is 1. The first kappa shape index (κ1) is 23.1. The van der Waals surface area contributed by atoms with E-state index in [1.54, 1.807) is 13.2 Å². The highest BCUT2D eigenvalue weighted by Gasteiger charge is 2.19. The molecule has 1 aromatic carbocycles. The molecule has 1 aromatic heterocycles. The molecule has 0 saturated carbocycles. The zero-order valence-electron chi connectivity index (χ0n) is 19.1. The molecule has 0 atom stereocenters. The number of hydrogen-bond acceptors (Lipinski definition) is 6. The Bertz CT molecular complexity index is 838. The predicted octanol–water partition coefficient (Wildman–Crippen LogP) is 2.55. The Morgan fingerprint density at radius 2 is 1.97 bits per heavy atom. The summed E-state index contributed by atoms with van der Waals surface area (Å²) in [6, 6.07) is 8.13. The molecular formula is C23H35N5O3. The van der Waals surface area contributed by atoms with Crippen molar-refractivity contribution in [1.82, 2.24) is 20.5 Å². The second-order valence-corrected chi connectivity index (χ2v) is 8.60. The van der Waals surface area contributed by atoms with E-state index in [4.69, 9.17) is 13.9 Å². The van der Waals surface area contributed by atoms with Crippen LogP contribution in [0.3, 0.4) is 0 Å². The molecule has 2 heterocycles. The van der Waals surface area contributed by atoms with Crippen LogP contribution in [0.25, 0.3) is 0 Å². The molecule has 8 nitrogen and oxygen atoms in total. The lowest BCUT2D eigenvalue weighted by atomic mass is 9.94. The summed E-state index contributed by atoms with van der Waals surface area (Å²) in [7, 11) is 1.75. The highest BCUT2D eigenvalue weighted by Crippen LogP contribution is 2.22. The van der Waals surface area contributed by atoms with Crippen LogP contribution in [0.5, 0.6) is 5.75 Å². The molecule has 2 aromatic rings. The van der Waals surface area contributed by atoms with Crippen LogP contribution in [-0.4, -0.2) is 62.3 Å². The van der Waals surface area contributed by atoms with Gasteiger partial charge in [0.25, 0.3) is 0 Å². The Balaban J connectivity index is 1.42. The molecule has 8 heteroatoms. The lowest BCUT2D eigenvalue weighted by Crippen LogP contribution is -2.38. The highest BCUT2D eigenvalue weighted by molar-refractivity contribution is 5.79. The normalized spacial score (nSPS) is 15.7. The van der Waals surface area contributed by atoms with Crippen molar-refractivity contribution in [3.05, 3.63) is 47.7 Å². The fraction of sp³-hybridized carbons (Fsp3) is 0.565. The van der Waals surface area contributed by atoms with E-state index in [1.807, 2.05) is 12.1 Å². The number of nitrogens with zero attached hydrogens (tertiary/aromatic N) is 3. The van der Waals surface area contributed by atoms with Crippen molar-refractivity contribution in [2.24, 2.45) is 4.99 Å². The topological polar surface area (TPSA) is 84.2 Å². The van der Waals surface area contributed by atoms with Gasteiger partial charge in [0.1, 0.15) is 18.1 Å². The summed E-state index contributed by atoms with van der Waals surface area (Å²) in [6.07, 6.45) is 1.79. The summed E-state index contributed by atoms with van der Waals surface area (Å²) in [4.78, 5) is 11.0. The van der Waals surface area contributed by atoms with E-state index in [9.17, 15) is 0 Å². The minimum Gasteiger partial charge on any atom is -0.492 e. The molecule has 1 aliphatic heterocycles. The lowest BCUT2D eigenvalue weighted by molar-refractivity contribution is 0.0322. The van der Waals surface area contributed by atoms with Gasteiger partial charge in [-0.1, -0.05) is 32.9 Å². The third kappa shape index (κ3) is 7.56. The van der Waals surface area contributed by atoms with E-state index >= 15 is 0 Å². The molecule has 1 saturated heterocycles. The first-order chi connectivity index (χ1) is 14.9. The van der Waals surface area contributed by atoms with Crippen LogP contribution < -0.4 is 15.4 Å². The average molecular weight is 430 g/mol. The van der Waals surface area contributed by atoms with Crippen LogP contribution in [0.1, 0.15) is 38.0 Å². The maximum Gasteiger partial charge on any atom is 0.213 e. The summed E-state index contributed by atoms with van der Waals surface area (Å²) in [5.74, 6) is 3.08. The summed E-state index contributed by atoms with van der Waals surface area (Å²) in [6.45, 7) is 12.6. The first-order valence-electron chi connectivity index (χ1n) is 10.9. The number of ether oxygens (including phenoxy) is 2. The van der Waals surface area contributed by atoms with Gasteiger partial charge in [-0.15, -0.1) is 0 Å². The van der Waals surface area contributed by atoms with Gasteiger partial charge < -0.3 is 24.5 Å². The SMILES string of the molecule is CN=C(NCc1cccc(OCCN2CCOCC2)c1)NCc1ncc(C(C)(C)C)o1. The third-order valence-corrected chi connectivity index (χ3v) is 5.06. The molecule has 0 radical (unpaired) electrons. The second-order valence-electron chi connectivity index (χ2n) is 8.60. The monoisotopic (exact) mass is 429 g/mol. The van der Waals surface area contributed by atoms with Gasteiger partial charge in [-0.2, -0.15) is 0 Å². The maximum atomic E-state index is 5.94. The molecular weight excluding hydrogens is 394 g/mol. The Morgan fingerprint density at radius 3 is 2.68 bits per heavy atom. The molecule has 0 aliphatic carbocycles. The van der Waals surface area contributed by atoms with Gasteiger partial charge in [-0.3, -0.25) is 9.89 Å². The van der Waals surface area contributed by atoms with E-state index < -0.39 is 0 Å². The fourth-order valence-corrected chi connectivity index (χ4v) is 3.17. The standard InChI is InChI=1S/C23H35N5O3/c1-23(2,3)20-16-25-21(31-20)17-27-22(24-4)26-15-18-6-5-7-19(14-18)30-13-10-28-8-11-29-12-9-28/h5-7,14,16H,8-13,15,17H2,1-4H3,(H2,24,26,27). The van der Waals surface area contributed by atoms with Gasteiger partial charge >= 0.3 is 0 Å². The molecule has 1 fully saturated rings. The Kier molecular flexibility index (Phi) is 8.31. The number of guanidine groups is 1. The number of hydrogen-bond donors (Lipinski definition) is 2. The van der Waals surface area contributed by atoms with Gasteiger partial charge in [-0.25, -0.2) is 4.98 Å². The van der Waals surface area contributed by atoms with E-state index in [1.165, 1.54) is 0 Å². The molecule has 0 amide bonds. The number of morpholine rings is 1. The van der Waals surface area contributed by atoms with Crippen molar-refractivity contribution < 1.29 is 13.9 Å². The quantitative estimate of drug-likeness (QED) is 0.493. The van der Waals surface area contributed by atoms with Crippen LogP contribution in [0, 0.1) is 0 Å². The average Bonchev–Trinajstić information content (AvgIpc) is 3.25. The van der Waals surface area contributed by atoms with Crippen LogP contribution in [-0.2, 0) is 23.2 Å². The van der Waals surface area contributed by atoms with Gasteiger partial charge in [-0.05, 0) is 17.7 Å². The van der Waals surface area contributed by atoms with Gasteiger partial charge in [0.2, 0.25) is 5.89 Å². The fourth-order valence-electron chi connectivity index (χ4n) is 3.17. The van der Waals surface area contributed by atoms with Crippen molar-refractivity contribution in [3.63, 3.8) is 0 Å². The predicted molar refractivity (Wildman–Crippen MR) is 121 cm³/mol. The number of nitrogens with one attached hydrogen (secondary N) is 2. The zero-order chi connectivity index (χ0) is 22.1.